The first-order valence-corrected chi connectivity index (χ1v) is 5.84. The fraction of sp³-hybridized carbons (Fsp3) is 0.778. The van der Waals surface area contributed by atoms with Crippen molar-refractivity contribution in [3.05, 3.63) is 11.7 Å². The molecule has 5 nitrogen and oxygen atoms in total. The summed E-state index contributed by atoms with van der Waals surface area (Å²) in [6, 6.07) is 0. The smallest absolute Gasteiger partial charge is 0.378 e. The first-order chi connectivity index (χ1) is 7.77. The Morgan fingerprint density at radius 3 is 2.65 bits per heavy atom. The minimum Gasteiger partial charge on any atom is -0.379 e. The highest BCUT2D eigenvalue weighted by molar-refractivity contribution is 9.09. The van der Waals surface area contributed by atoms with Gasteiger partial charge in [-0.15, -0.1) is 0 Å². The van der Waals surface area contributed by atoms with Crippen molar-refractivity contribution in [3.63, 3.8) is 0 Å². The number of aromatic nitrogens is 2. The third kappa shape index (κ3) is 3.97. The van der Waals surface area contributed by atoms with Gasteiger partial charge in [-0.05, 0) is 13.3 Å². The van der Waals surface area contributed by atoms with Crippen LogP contribution in [0, 0.1) is 0 Å². The Labute approximate surface area is 106 Å². The van der Waals surface area contributed by atoms with Crippen LogP contribution in [-0.4, -0.2) is 23.4 Å². The fourth-order valence-electron chi connectivity index (χ4n) is 1.06. The van der Waals surface area contributed by atoms with Gasteiger partial charge in [0.05, 0.1) is 6.61 Å². The molecule has 0 saturated heterocycles. The lowest BCUT2D eigenvalue weighted by molar-refractivity contribution is 0.0723. The van der Waals surface area contributed by atoms with Crippen LogP contribution in [-0.2, 0) is 15.1 Å². The summed E-state index contributed by atoms with van der Waals surface area (Å²) in [7, 11) is 0. The zero-order valence-electron chi connectivity index (χ0n) is 9.54. The van der Waals surface area contributed by atoms with Crippen LogP contribution in [0.1, 0.15) is 32.0 Å². The molecule has 1 heterocycles. The normalized spacial score (nSPS) is 15.9. The average molecular weight is 314 g/mol. The van der Waals surface area contributed by atoms with Crippen molar-refractivity contribution in [2.24, 2.45) is 5.73 Å². The van der Waals surface area contributed by atoms with Crippen LogP contribution in [0.5, 0.6) is 0 Å². The van der Waals surface area contributed by atoms with E-state index in [1.54, 1.807) is 6.92 Å². The molecular formula is C9H14BrF2N3O2. The molecule has 0 radical (unpaired) electrons. The molecule has 1 aromatic heterocycles. The quantitative estimate of drug-likeness (QED) is 0.643. The number of nitrogens with zero attached hydrogens (tertiary/aromatic N) is 2. The molecule has 2 N–H and O–H groups in total. The molecule has 1 rings (SSSR count). The van der Waals surface area contributed by atoms with Crippen LogP contribution < -0.4 is 5.73 Å². The lowest BCUT2D eigenvalue weighted by Gasteiger charge is -2.19. The number of alkyl halides is 3. The lowest BCUT2D eigenvalue weighted by atomic mass is 10.1. The van der Waals surface area contributed by atoms with Gasteiger partial charge in [-0.3, -0.25) is 0 Å². The van der Waals surface area contributed by atoms with Crippen LogP contribution in [0.3, 0.4) is 0 Å². The van der Waals surface area contributed by atoms with Crippen molar-refractivity contribution in [1.29, 1.82) is 0 Å². The predicted molar refractivity (Wildman–Crippen MR) is 59.8 cm³/mol. The van der Waals surface area contributed by atoms with Crippen molar-refractivity contribution in [2.75, 3.05) is 13.2 Å². The number of hydrogen-bond acceptors (Lipinski definition) is 5. The lowest BCUT2D eigenvalue weighted by Crippen LogP contribution is -2.39. The van der Waals surface area contributed by atoms with Gasteiger partial charge in [0.2, 0.25) is 0 Å². The Balaban J connectivity index is 2.74. The maximum Gasteiger partial charge on any atom is 0.378 e. The molecule has 8 heteroatoms. The van der Waals surface area contributed by atoms with E-state index >= 15 is 0 Å². The summed E-state index contributed by atoms with van der Waals surface area (Å²) >= 11 is 2.13. The molecular weight excluding hydrogens is 300 g/mol. The van der Waals surface area contributed by atoms with Crippen LogP contribution in [0.15, 0.2) is 4.52 Å². The van der Waals surface area contributed by atoms with Crippen molar-refractivity contribution in [2.45, 2.75) is 30.6 Å². The molecule has 1 aromatic rings. The number of ether oxygens (including phenoxy) is 1. The zero-order valence-corrected chi connectivity index (χ0v) is 11.1. The highest BCUT2D eigenvalue weighted by Crippen LogP contribution is 2.33. The van der Waals surface area contributed by atoms with Gasteiger partial charge in [0.15, 0.2) is 5.82 Å². The molecule has 0 aromatic carbocycles. The second-order valence-corrected chi connectivity index (χ2v) is 4.89. The van der Waals surface area contributed by atoms with Crippen LogP contribution >= 0.6 is 15.9 Å². The van der Waals surface area contributed by atoms with E-state index in [4.69, 9.17) is 10.5 Å². The topological polar surface area (TPSA) is 74.2 Å². The van der Waals surface area contributed by atoms with Crippen molar-refractivity contribution in [3.8, 4) is 0 Å². The van der Waals surface area contributed by atoms with E-state index in [0.717, 1.165) is 6.42 Å². The number of nitrogens with two attached hydrogens (primary N) is 1. The van der Waals surface area contributed by atoms with Gasteiger partial charge in [-0.25, -0.2) is 0 Å². The Hall–Kier alpha value is -0.600. The van der Waals surface area contributed by atoms with Gasteiger partial charge in [-0.2, -0.15) is 13.8 Å². The summed E-state index contributed by atoms with van der Waals surface area (Å²) in [5.74, 6) is -0.831. The largest absolute Gasteiger partial charge is 0.379 e. The molecule has 0 saturated carbocycles. The molecule has 17 heavy (non-hydrogen) atoms. The van der Waals surface area contributed by atoms with Gasteiger partial charge in [-0.1, -0.05) is 12.1 Å². The molecule has 1 unspecified atom stereocenters. The van der Waals surface area contributed by atoms with Crippen LogP contribution in [0.2, 0.25) is 0 Å². The fourth-order valence-corrected chi connectivity index (χ4v) is 1.22. The summed E-state index contributed by atoms with van der Waals surface area (Å²) in [4.78, 5) is 0.204. The SMILES string of the molecule is CCCOCC(C)(N)c1noc(C(F)(F)Br)n1. The van der Waals surface area contributed by atoms with Gasteiger partial charge in [0, 0.05) is 22.5 Å². The molecule has 0 bridgehead atoms. The minimum atomic E-state index is -3.35. The standard InChI is InChI=1S/C9H14BrF2N3O2/c1-3-4-16-5-8(2,13)6-14-7(17-15-6)9(10,11)12/h3-5,13H2,1-2H3. The summed E-state index contributed by atoms with van der Waals surface area (Å²) in [5.41, 5.74) is 4.80. The first-order valence-electron chi connectivity index (χ1n) is 5.05. The maximum atomic E-state index is 12.8. The number of hydrogen-bond donors (Lipinski definition) is 1. The summed E-state index contributed by atoms with van der Waals surface area (Å²) in [6.07, 6.45) is 0.840. The van der Waals surface area contributed by atoms with E-state index in [1.165, 1.54) is 0 Å². The highest BCUT2D eigenvalue weighted by atomic mass is 79.9. The van der Waals surface area contributed by atoms with E-state index < -0.39 is 16.3 Å². The van der Waals surface area contributed by atoms with E-state index in [9.17, 15) is 8.78 Å². The summed E-state index contributed by atoms with van der Waals surface area (Å²) in [5, 5.41) is 3.43. The highest BCUT2D eigenvalue weighted by Gasteiger charge is 2.37. The number of rotatable bonds is 6. The molecule has 0 fully saturated rings. The van der Waals surface area contributed by atoms with Gasteiger partial charge >= 0.3 is 10.7 Å². The molecule has 0 aliphatic heterocycles. The Bertz CT molecular complexity index is 365. The zero-order chi connectivity index (χ0) is 13.1. The Kier molecular flexibility index (Phi) is 4.56. The van der Waals surface area contributed by atoms with Crippen molar-refractivity contribution < 1.29 is 18.0 Å². The summed E-state index contributed by atoms with van der Waals surface area (Å²) < 4.78 is 35.3. The van der Waals surface area contributed by atoms with E-state index in [1.807, 2.05) is 6.92 Å². The van der Waals surface area contributed by atoms with E-state index in [2.05, 4.69) is 30.6 Å². The second-order valence-electron chi connectivity index (χ2n) is 3.89. The molecule has 0 aliphatic rings. The third-order valence-electron chi connectivity index (χ3n) is 1.93. The molecule has 0 aliphatic carbocycles. The predicted octanol–water partition coefficient (Wildman–Crippen LogP) is 2.11. The third-order valence-corrected chi connectivity index (χ3v) is 2.27. The minimum absolute atomic E-state index is 0.0114. The average Bonchev–Trinajstić information content (AvgIpc) is 2.66. The van der Waals surface area contributed by atoms with E-state index in [-0.39, 0.29) is 12.4 Å². The van der Waals surface area contributed by atoms with E-state index in [0.29, 0.717) is 6.61 Å². The molecule has 0 amide bonds. The van der Waals surface area contributed by atoms with Crippen LogP contribution in [0.4, 0.5) is 8.78 Å². The van der Waals surface area contributed by atoms with Gasteiger partial charge < -0.3 is 15.0 Å². The Morgan fingerprint density at radius 2 is 2.18 bits per heavy atom. The summed E-state index contributed by atoms with van der Waals surface area (Å²) in [6.45, 7) is 4.20. The van der Waals surface area contributed by atoms with Gasteiger partial charge in [0.25, 0.3) is 0 Å². The second kappa shape index (κ2) is 5.36. The van der Waals surface area contributed by atoms with Crippen molar-refractivity contribution >= 4 is 15.9 Å². The first kappa shape index (κ1) is 14.5. The maximum absolute atomic E-state index is 12.8. The molecule has 98 valence electrons. The van der Waals surface area contributed by atoms with Crippen molar-refractivity contribution in [1.82, 2.24) is 10.1 Å². The molecule has 0 spiro atoms. The molecule has 1 atom stereocenters. The monoisotopic (exact) mass is 313 g/mol. The Morgan fingerprint density at radius 1 is 1.53 bits per heavy atom. The van der Waals surface area contributed by atoms with Crippen LogP contribution in [0.25, 0.3) is 0 Å². The number of halogens is 3. The van der Waals surface area contributed by atoms with Gasteiger partial charge in [0.1, 0.15) is 5.54 Å².